The van der Waals surface area contributed by atoms with Gasteiger partial charge in [0.25, 0.3) is 0 Å². The fraction of sp³-hybridized carbons (Fsp3) is 0.529. The summed E-state index contributed by atoms with van der Waals surface area (Å²) in [5, 5.41) is 11.9. The average Bonchev–Trinajstić information content (AvgIpc) is 2.91. The molecule has 0 bridgehead atoms. The molecular weight excluding hydrogens is 301 g/mol. The van der Waals surface area contributed by atoms with Crippen LogP contribution in [0.1, 0.15) is 46.6 Å². The van der Waals surface area contributed by atoms with E-state index in [-0.39, 0.29) is 11.3 Å². The molecule has 1 aromatic rings. The lowest BCUT2D eigenvalue weighted by Crippen LogP contribution is -2.28. The number of amides is 1. The van der Waals surface area contributed by atoms with Crippen LogP contribution in [0.15, 0.2) is 18.2 Å². The molecule has 0 heterocycles. The third-order valence-corrected chi connectivity index (χ3v) is 4.18. The number of anilines is 1. The monoisotopic (exact) mass is 323 g/mol. The highest BCUT2D eigenvalue weighted by Crippen LogP contribution is 2.64. The first kappa shape index (κ1) is 17.2. The summed E-state index contributed by atoms with van der Waals surface area (Å²) >= 11 is 0. The van der Waals surface area contributed by atoms with Crippen molar-refractivity contribution in [2.75, 3.05) is 5.32 Å². The van der Waals surface area contributed by atoms with Crippen molar-refractivity contribution >= 4 is 17.7 Å². The summed E-state index contributed by atoms with van der Waals surface area (Å²) < 4.78 is 19.5. The Balaban J connectivity index is 2.23. The van der Waals surface area contributed by atoms with Crippen molar-refractivity contribution < 1.29 is 23.8 Å². The van der Waals surface area contributed by atoms with E-state index in [0.29, 0.717) is 6.42 Å². The summed E-state index contributed by atoms with van der Waals surface area (Å²) in [5.74, 6) is -1.68. The first-order valence-corrected chi connectivity index (χ1v) is 7.42. The van der Waals surface area contributed by atoms with Gasteiger partial charge in [-0.2, -0.15) is 0 Å². The van der Waals surface area contributed by atoms with Crippen LogP contribution in [-0.2, 0) is 14.9 Å². The molecule has 1 atom stereocenters. The Kier molecular flexibility index (Phi) is 3.91. The minimum Gasteiger partial charge on any atom is -0.481 e. The van der Waals surface area contributed by atoms with Crippen LogP contribution >= 0.6 is 0 Å². The Hall–Kier alpha value is -2.11. The predicted octanol–water partition coefficient (Wildman–Crippen LogP) is 3.93. The van der Waals surface area contributed by atoms with Gasteiger partial charge in [0.1, 0.15) is 16.8 Å². The number of carboxylic acids is 1. The first-order valence-electron chi connectivity index (χ1n) is 7.42. The summed E-state index contributed by atoms with van der Waals surface area (Å²) in [6.07, 6.45) is -0.310. The topological polar surface area (TPSA) is 75.6 Å². The van der Waals surface area contributed by atoms with Crippen molar-refractivity contribution in [2.45, 2.75) is 52.1 Å². The number of rotatable bonds is 3. The molecule has 1 saturated carbocycles. The SMILES string of the molecule is CC(C)(C)OC(=O)Nc1ccc(C2(C(=O)O)CC2(C)C)c(F)c1. The molecule has 1 aliphatic carbocycles. The number of aliphatic carboxylic acids is 1. The van der Waals surface area contributed by atoms with E-state index in [9.17, 15) is 19.1 Å². The Morgan fingerprint density at radius 3 is 2.26 bits per heavy atom. The van der Waals surface area contributed by atoms with E-state index in [2.05, 4.69) is 5.32 Å². The number of carboxylic acid groups (broad SMARTS) is 1. The van der Waals surface area contributed by atoms with Crippen LogP contribution in [0.5, 0.6) is 0 Å². The number of hydrogen-bond acceptors (Lipinski definition) is 3. The maximum Gasteiger partial charge on any atom is 0.412 e. The number of carbonyl (C=O) groups excluding carboxylic acids is 1. The Bertz CT molecular complexity index is 663. The van der Waals surface area contributed by atoms with Gasteiger partial charge in [0, 0.05) is 11.3 Å². The molecule has 0 aromatic heterocycles. The highest BCUT2D eigenvalue weighted by atomic mass is 19.1. The van der Waals surface area contributed by atoms with Gasteiger partial charge in [0.15, 0.2) is 0 Å². The van der Waals surface area contributed by atoms with Crippen molar-refractivity contribution in [2.24, 2.45) is 5.41 Å². The van der Waals surface area contributed by atoms with Crippen molar-refractivity contribution in [3.05, 3.63) is 29.6 Å². The molecule has 2 rings (SSSR count). The van der Waals surface area contributed by atoms with Crippen molar-refractivity contribution in [1.82, 2.24) is 0 Å². The summed E-state index contributed by atoms with van der Waals surface area (Å²) in [4.78, 5) is 23.3. The van der Waals surface area contributed by atoms with Gasteiger partial charge < -0.3 is 9.84 Å². The second-order valence-corrected chi connectivity index (χ2v) is 7.59. The number of halogens is 1. The Morgan fingerprint density at radius 1 is 1.30 bits per heavy atom. The molecule has 0 saturated heterocycles. The van der Waals surface area contributed by atoms with E-state index in [1.54, 1.807) is 34.6 Å². The van der Waals surface area contributed by atoms with E-state index in [4.69, 9.17) is 4.74 Å². The third kappa shape index (κ3) is 3.16. The minimum atomic E-state index is -1.21. The van der Waals surface area contributed by atoms with Crippen LogP contribution in [0.2, 0.25) is 0 Å². The average molecular weight is 323 g/mol. The largest absolute Gasteiger partial charge is 0.481 e. The molecule has 0 radical (unpaired) electrons. The summed E-state index contributed by atoms with van der Waals surface area (Å²) in [6, 6.07) is 4.03. The zero-order valence-corrected chi connectivity index (χ0v) is 14.0. The smallest absolute Gasteiger partial charge is 0.412 e. The zero-order chi connectivity index (χ0) is 17.6. The number of carbonyl (C=O) groups is 2. The van der Waals surface area contributed by atoms with Crippen LogP contribution in [0.4, 0.5) is 14.9 Å². The van der Waals surface area contributed by atoms with Gasteiger partial charge in [-0.25, -0.2) is 9.18 Å². The van der Waals surface area contributed by atoms with E-state index >= 15 is 0 Å². The van der Waals surface area contributed by atoms with Gasteiger partial charge in [-0.05, 0) is 44.7 Å². The molecular formula is C17H22FNO4. The fourth-order valence-electron chi connectivity index (χ4n) is 2.92. The van der Waals surface area contributed by atoms with Gasteiger partial charge in [0.05, 0.1) is 0 Å². The number of ether oxygens (including phenoxy) is 1. The summed E-state index contributed by atoms with van der Waals surface area (Å²) in [5.41, 5.74) is -2.00. The molecule has 23 heavy (non-hydrogen) atoms. The van der Waals surface area contributed by atoms with Gasteiger partial charge in [-0.15, -0.1) is 0 Å². The lowest BCUT2D eigenvalue weighted by Gasteiger charge is -2.20. The van der Waals surface area contributed by atoms with Crippen LogP contribution in [0.25, 0.3) is 0 Å². The molecule has 2 N–H and O–H groups in total. The fourth-order valence-corrected chi connectivity index (χ4v) is 2.92. The van der Waals surface area contributed by atoms with Crippen molar-refractivity contribution in [1.29, 1.82) is 0 Å². The third-order valence-electron chi connectivity index (χ3n) is 4.18. The number of nitrogens with one attached hydrogen (secondary N) is 1. The lowest BCUT2D eigenvalue weighted by molar-refractivity contribution is -0.141. The van der Waals surface area contributed by atoms with Gasteiger partial charge >= 0.3 is 12.1 Å². The van der Waals surface area contributed by atoms with Gasteiger partial charge in [-0.1, -0.05) is 19.9 Å². The molecule has 6 heteroatoms. The van der Waals surface area contributed by atoms with E-state index in [0.717, 1.165) is 6.07 Å². The van der Waals surface area contributed by atoms with Gasteiger partial charge in [-0.3, -0.25) is 10.1 Å². The first-order chi connectivity index (χ1) is 10.4. The molecule has 126 valence electrons. The highest BCUT2D eigenvalue weighted by molar-refractivity contribution is 5.88. The number of benzene rings is 1. The lowest BCUT2D eigenvalue weighted by atomic mass is 9.87. The summed E-state index contributed by atoms with van der Waals surface area (Å²) in [6.45, 7) is 8.77. The molecule has 5 nitrogen and oxygen atoms in total. The summed E-state index contributed by atoms with van der Waals surface area (Å²) in [7, 11) is 0. The van der Waals surface area contributed by atoms with E-state index < -0.39 is 34.3 Å². The molecule has 1 aliphatic rings. The predicted molar refractivity (Wildman–Crippen MR) is 84.0 cm³/mol. The van der Waals surface area contributed by atoms with E-state index in [1.165, 1.54) is 12.1 Å². The second-order valence-electron chi connectivity index (χ2n) is 7.59. The molecule has 1 aromatic carbocycles. The molecule has 1 unspecified atom stereocenters. The van der Waals surface area contributed by atoms with Crippen molar-refractivity contribution in [3.63, 3.8) is 0 Å². The highest BCUT2D eigenvalue weighted by Gasteiger charge is 2.68. The van der Waals surface area contributed by atoms with E-state index in [1.807, 2.05) is 0 Å². The normalized spacial score (nSPS) is 22.3. The van der Waals surface area contributed by atoms with Crippen LogP contribution in [-0.4, -0.2) is 22.8 Å². The maximum atomic E-state index is 14.4. The molecule has 1 amide bonds. The Morgan fingerprint density at radius 2 is 1.87 bits per heavy atom. The van der Waals surface area contributed by atoms with Crippen LogP contribution in [0, 0.1) is 11.2 Å². The molecule has 0 aliphatic heterocycles. The molecule has 0 spiro atoms. The standard InChI is InChI=1S/C17H22FNO4/c1-15(2,3)23-14(22)19-10-6-7-11(12(18)8-10)17(13(20)21)9-16(17,4)5/h6-8H,9H2,1-5H3,(H,19,22)(H,20,21). The zero-order valence-electron chi connectivity index (χ0n) is 14.0. The van der Waals surface area contributed by atoms with Crippen LogP contribution in [0.3, 0.4) is 0 Å². The maximum absolute atomic E-state index is 14.4. The Labute approximate surface area is 134 Å². The second kappa shape index (κ2) is 5.22. The molecule has 1 fully saturated rings. The quantitative estimate of drug-likeness (QED) is 0.884. The van der Waals surface area contributed by atoms with Gasteiger partial charge in [0.2, 0.25) is 0 Å². The minimum absolute atomic E-state index is 0.143. The van der Waals surface area contributed by atoms with Crippen molar-refractivity contribution in [3.8, 4) is 0 Å². The number of hydrogen-bond donors (Lipinski definition) is 2. The van der Waals surface area contributed by atoms with Crippen LogP contribution < -0.4 is 5.32 Å².